The summed E-state index contributed by atoms with van der Waals surface area (Å²) in [5, 5.41) is 0. The quantitative estimate of drug-likeness (QED) is 0.300. The minimum Gasteiger partial charge on any atom is -0.0599 e. The minimum atomic E-state index is 0.483. The van der Waals surface area contributed by atoms with E-state index in [0.717, 1.165) is 82.9 Å². The summed E-state index contributed by atoms with van der Waals surface area (Å²) >= 11 is 0. The van der Waals surface area contributed by atoms with Gasteiger partial charge in [0.1, 0.15) is 0 Å². The van der Waals surface area contributed by atoms with E-state index in [0.29, 0.717) is 21.7 Å². The van der Waals surface area contributed by atoms with Gasteiger partial charge in [0.2, 0.25) is 0 Å². The molecule has 0 N–H and O–H groups in total. The van der Waals surface area contributed by atoms with Crippen LogP contribution < -0.4 is 0 Å². The van der Waals surface area contributed by atoms with Crippen molar-refractivity contribution in [2.75, 3.05) is 0 Å². The van der Waals surface area contributed by atoms with Crippen LogP contribution in [0.1, 0.15) is 173 Å². The second-order valence-corrected chi connectivity index (χ2v) is 22.7. The van der Waals surface area contributed by atoms with Gasteiger partial charge in [-0.2, -0.15) is 0 Å². The third-order valence-electron chi connectivity index (χ3n) is 16.9. The van der Waals surface area contributed by atoms with E-state index in [1.807, 2.05) is 0 Å². The number of rotatable bonds is 3. The molecule has 0 aromatic rings. The molecule has 0 aromatic carbocycles. The van der Waals surface area contributed by atoms with Crippen LogP contribution in [-0.4, -0.2) is 0 Å². The molecule has 6 saturated carbocycles. The number of hydrogen-bond acceptors (Lipinski definition) is 0. The second kappa shape index (κ2) is 11.9. The molecule has 0 saturated heterocycles. The zero-order valence-corrected chi connectivity index (χ0v) is 32.0. The Morgan fingerprint density at radius 2 is 0.500 bits per heavy atom. The molecule has 6 aliphatic rings. The molecule has 14 atom stereocenters. The van der Waals surface area contributed by atoms with Crippen LogP contribution in [0.5, 0.6) is 0 Å². The molecule has 44 heavy (non-hydrogen) atoms. The molecule has 10 unspecified atom stereocenters. The Bertz CT molecular complexity index is 817. The average molecular weight is 607 g/mol. The molecule has 0 heterocycles. The van der Waals surface area contributed by atoms with Gasteiger partial charge in [-0.25, -0.2) is 0 Å². The summed E-state index contributed by atoms with van der Waals surface area (Å²) in [5.74, 6) is 14.3. The van der Waals surface area contributed by atoms with Gasteiger partial charge in [-0.1, -0.05) is 83.1 Å². The van der Waals surface area contributed by atoms with Crippen molar-refractivity contribution in [1.82, 2.24) is 0 Å². The van der Waals surface area contributed by atoms with Crippen LogP contribution in [0.4, 0.5) is 0 Å². The summed E-state index contributed by atoms with van der Waals surface area (Å²) in [6, 6.07) is 0. The van der Waals surface area contributed by atoms with E-state index in [-0.39, 0.29) is 0 Å². The molecule has 0 amide bonds. The fraction of sp³-hybridized carbons (Fsp3) is 1.00. The van der Waals surface area contributed by atoms with E-state index >= 15 is 0 Å². The summed E-state index contributed by atoms with van der Waals surface area (Å²) < 4.78 is 0. The van der Waals surface area contributed by atoms with Crippen LogP contribution in [-0.2, 0) is 0 Å². The topological polar surface area (TPSA) is 0 Å². The maximum Gasteiger partial charge on any atom is -0.0349 e. The normalized spacial score (nSPS) is 46.6. The first kappa shape index (κ1) is 33.9. The Morgan fingerprint density at radius 1 is 0.295 bits per heavy atom. The highest BCUT2D eigenvalue weighted by molar-refractivity contribution is 5.07. The Balaban J connectivity index is 1.27. The van der Waals surface area contributed by atoms with Crippen LogP contribution in [0.3, 0.4) is 0 Å². The van der Waals surface area contributed by atoms with Gasteiger partial charge in [0.25, 0.3) is 0 Å². The van der Waals surface area contributed by atoms with Crippen molar-refractivity contribution in [2.24, 2.45) is 105 Å². The van der Waals surface area contributed by atoms with E-state index in [9.17, 15) is 0 Å². The lowest BCUT2D eigenvalue weighted by Crippen LogP contribution is -2.34. The fourth-order valence-corrected chi connectivity index (χ4v) is 14.0. The Morgan fingerprint density at radius 3 is 0.682 bits per heavy atom. The molecule has 6 aliphatic carbocycles. The first-order chi connectivity index (χ1) is 20.3. The van der Waals surface area contributed by atoms with Crippen molar-refractivity contribution in [3.63, 3.8) is 0 Å². The predicted octanol–water partition coefficient (Wildman–Crippen LogP) is 13.3. The molecular weight excluding hydrogens is 528 g/mol. The third-order valence-corrected chi connectivity index (χ3v) is 16.9. The summed E-state index contributed by atoms with van der Waals surface area (Å²) in [5.41, 5.74) is 1.93. The largest absolute Gasteiger partial charge is 0.0599 e. The third kappa shape index (κ3) is 6.40. The summed E-state index contributed by atoms with van der Waals surface area (Å²) in [6.45, 7) is 30.7. The van der Waals surface area contributed by atoms with Gasteiger partial charge in [0.15, 0.2) is 0 Å². The zero-order chi connectivity index (χ0) is 32.0. The SMILES string of the molecule is CC(C)(C)C1CCC2C(C1)C(CCC1C3CC(C(C)(C)C)CCC3[C@@H]3CC[C@@H](C(C)(C)C)CC13)C1C[C@H](C(C)(C)C)CC[C@@H]21. The molecule has 254 valence electrons. The highest BCUT2D eigenvalue weighted by Gasteiger charge is 2.58. The highest BCUT2D eigenvalue weighted by atomic mass is 14.6. The van der Waals surface area contributed by atoms with Crippen LogP contribution in [0.15, 0.2) is 0 Å². The van der Waals surface area contributed by atoms with E-state index < -0.39 is 0 Å². The van der Waals surface area contributed by atoms with Gasteiger partial charge in [0, 0.05) is 0 Å². The van der Waals surface area contributed by atoms with Crippen LogP contribution >= 0.6 is 0 Å². The molecule has 0 aromatic heterocycles. The molecule has 0 nitrogen and oxygen atoms in total. The first-order valence-corrected chi connectivity index (χ1v) is 20.3. The van der Waals surface area contributed by atoms with E-state index in [1.54, 1.807) is 64.2 Å². The van der Waals surface area contributed by atoms with Crippen molar-refractivity contribution in [1.29, 1.82) is 0 Å². The second-order valence-electron chi connectivity index (χ2n) is 22.7. The fourth-order valence-electron chi connectivity index (χ4n) is 14.0. The maximum absolute atomic E-state index is 2.56. The van der Waals surface area contributed by atoms with Crippen LogP contribution in [0, 0.1) is 105 Å². The van der Waals surface area contributed by atoms with Gasteiger partial charge in [-0.05, 0) is 194 Å². The van der Waals surface area contributed by atoms with Crippen molar-refractivity contribution in [3.8, 4) is 0 Å². The molecule has 6 rings (SSSR count). The van der Waals surface area contributed by atoms with Gasteiger partial charge in [-0.15, -0.1) is 0 Å². The molecule has 0 heteroatoms. The van der Waals surface area contributed by atoms with Crippen molar-refractivity contribution in [3.05, 3.63) is 0 Å². The summed E-state index contributed by atoms with van der Waals surface area (Å²) in [4.78, 5) is 0. The molecule has 0 spiro atoms. The summed E-state index contributed by atoms with van der Waals surface area (Å²) in [6.07, 6.45) is 21.7. The Hall–Kier alpha value is 0. The summed E-state index contributed by atoms with van der Waals surface area (Å²) in [7, 11) is 0. The lowest BCUT2D eigenvalue weighted by atomic mass is 9.62. The maximum atomic E-state index is 2.56. The van der Waals surface area contributed by atoms with Crippen molar-refractivity contribution >= 4 is 0 Å². The van der Waals surface area contributed by atoms with Crippen molar-refractivity contribution in [2.45, 2.75) is 173 Å². The molecule has 0 radical (unpaired) electrons. The highest BCUT2D eigenvalue weighted by Crippen LogP contribution is 2.66. The standard InChI is InChI=1S/C44H78/c1-41(2,3)27-13-17-31-32-18-14-28(42(4,5)6)24-38(32)35(37(31)23-27)21-22-36-39-25-29(43(7,8)9)15-19-33(39)34-20-16-30(26-40(34)36)44(10,11)12/h27-40H,13-26H2,1-12H3/t27-,28?,29-,30?,31+,32?,33+,34?,35?,36?,37?,38?,39?,40?/m1/s1. The van der Waals surface area contributed by atoms with Gasteiger partial charge in [-0.3, -0.25) is 0 Å². The Kier molecular flexibility index (Phi) is 9.13. The van der Waals surface area contributed by atoms with Gasteiger partial charge >= 0.3 is 0 Å². The van der Waals surface area contributed by atoms with Crippen LogP contribution in [0.25, 0.3) is 0 Å². The monoisotopic (exact) mass is 607 g/mol. The van der Waals surface area contributed by atoms with Crippen molar-refractivity contribution < 1.29 is 0 Å². The number of hydrogen-bond donors (Lipinski definition) is 0. The van der Waals surface area contributed by atoms with E-state index in [2.05, 4.69) is 83.1 Å². The number of fused-ring (bicyclic) bond motifs is 6. The Labute approximate surface area is 276 Å². The van der Waals surface area contributed by atoms with Gasteiger partial charge in [0.05, 0.1) is 0 Å². The molecular formula is C44H78. The molecule has 0 aliphatic heterocycles. The minimum absolute atomic E-state index is 0.483. The van der Waals surface area contributed by atoms with E-state index in [1.165, 1.54) is 25.7 Å². The lowest BCUT2D eigenvalue weighted by molar-refractivity contribution is 0.0685. The van der Waals surface area contributed by atoms with Gasteiger partial charge < -0.3 is 0 Å². The molecule has 6 fully saturated rings. The lowest BCUT2D eigenvalue weighted by Gasteiger charge is -2.43. The van der Waals surface area contributed by atoms with Crippen LogP contribution in [0.2, 0.25) is 0 Å². The smallest absolute Gasteiger partial charge is 0.0349 e. The first-order valence-electron chi connectivity index (χ1n) is 20.3. The zero-order valence-electron chi connectivity index (χ0n) is 32.0. The van der Waals surface area contributed by atoms with E-state index in [4.69, 9.17) is 0 Å². The average Bonchev–Trinajstić information content (AvgIpc) is 3.40. The molecule has 0 bridgehead atoms. The predicted molar refractivity (Wildman–Crippen MR) is 191 cm³/mol.